The van der Waals surface area contributed by atoms with E-state index < -0.39 is 5.97 Å². The van der Waals surface area contributed by atoms with Crippen LogP contribution in [0, 0.1) is 0 Å². The highest BCUT2D eigenvalue weighted by atomic mass is 16.5. The average molecular weight is 236 g/mol. The van der Waals surface area contributed by atoms with Gasteiger partial charge in [-0.2, -0.15) is 0 Å². The zero-order valence-corrected chi connectivity index (χ0v) is 9.13. The van der Waals surface area contributed by atoms with Crippen molar-refractivity contribution in [1.29, 1.82) is 0 Å². The SMILES string of the molecule is O=Cc1cnc(N2CCOCC2)cc1C(=O)O. The molecule has 0 unspecified atom stereocenters. The molecular weight excluding hydrogens is 224 g/mol. The number of carboxylic acids is 1. The molecule has 0 bridgehead atoms. The van der Waals surface area contributed by atoms with Crippen LogP contribution in [0.15, 0.2) is 12.3 Å². The third-order valence-corrected chi connectivity index (χ3v) is 2.61. The number of hydrogen-bond acceptors (Lipinski definition) is 5. The van der Waals surface area contributed by atoms with Crippen LogP contribution >= 0.6 is 0 Å². The van der Waals surface area contributed by atoms with E-state index >= 15 is 0 Å². The summed E-state index contributed by atoms with van der Waals surface area (Å²) in [5.74, 6) is -0.555. The number of hydrogen-bond donors (Lipinski definition) is 1. The second-order valence-corrected chi connectivity index (χ2v) is 3.65. The lowest BCUT2D eigenvalue weighted by molar-refractivity contribution is 0.0694. The Bertz CT molecular complexity index is 441. The number of aldehydes is 1. The number of nitrogens with zero attached hydrogens (tertiary/aromatic N) is 2. The first-order valence-corrected chi connectivity index (χ1v) is 5.23. The van der Waals surface area contributed by atoms with E-state index in [0.29, 0.717) is 38.4 Å². The number of carboxylic acid groups (broad SMARTS) is 1. The van der Waals surface area contributed by atoms with Gasteiger partial charge in [-0.1, -0.05) is 0 Å². The van der Waals surface area contributed by atoms with Crippen LogP contribution < -0.4 is 4.90 Å². The summed E-state index contributed by atoms with van der Waals surface area (Å²) < 4.78 is 5.20. The standard InChI is InChI=1S/C11H12N2O4/c14-7-8-6-12-10(5-9(8)11(15)16)13-1-3-17-4-2-13/h5-7H,1-4H2,(H,15,16). The number of morpholine rings is 1. The topological polar surface area (TPSA) is 79.7 Å². The lowest BCUT2D eigenvalue weighted by atomic mass is 10.1. The monoisotopic (exact) mass is 236 g/mol. The fraction of sp³-hybridized carbons (Fsp3) is 0.364. The van der Waals surface area contributed by atoms with E-state index in [1.165, 1.54) is 12.3 Å². The molecule has 1 aromatic rings. The van der Waals surface area contributed by atoms with Crippen molar-refractivity contribution in [3.05, 3.63) is 23.4 Å². The van der Waals surface area contributed by atoms with Gasteiger partial charge in [0.2, 0.25) is 0 Å². The normalized spacial score (nSPS) is 15.6. The van der Waals surface area contributed by atoms with Gasteiger partial charge in [0.25, 0.3) is 0 Å². The van der Waals surface area contributed by atoms with E-state index in [1.807, 2.05) is 4.90 Å². The number of rotatable bonds is 3. The maximum absolute atomic E-state index is 11.0. The van der Waals surface area contributed by atoms with Gasteiger partial charge in [-0.3, -0.25) is 4.79 Å². The van der Waals surface area contributed by atoms with Crippen LogP contribution in [0.3, 0.4) is 0 Å². The molecule has 1 aromatic heterocycles. The molecule has 6 heteroatoms. The zero-order chi connectivity index (χ0) is 12.3. The third-order valence-electron chi connectivity index (χ3n) is 2.61. The highest BCUT2D eigenvalue weighted by molar-refractivity contribution is 5.97. The molecule has 1 N–H and O–H groups in total. The number of aromatic carboxylic acids is 1. The fourth-order valence-corrected chi connectivity index (χ4v) is 1.70. The lowest BCUT2D eigenvalue weighted by Crippen LogP contribution is -2.36. The van der Waals surface area contributed by atoms with Crippen LogP contribution in [-0.4, -0.2) is 48.6 Å². The number of ether oxygens (including phenoxy) is 1. The number of carbonyl (C=O) groups is 2. The van der Waals surface area contributed by atoms with Gasteiger partial charge in [0.05, 0.1) is 18.8 Å². The van der Waals surface area contributed by atoms with Crippen molar-refractivity contribution in [2.24, 2.45) is 0 Å². The van der Waals surface area contributed by atoms with Gasteiger partial charge in [0.1, 0.15) is 5.82 Å². The molecule has 0 radical (unpaired) electrons. The summed E-state index contributed by atoms with van der Waals surface area (Å²) in [4.78, 5) is 27.7. The van der Waals surface area contributed by atoms with Gasteiger partial charge in [-0.15, -0.1) is 0 Å². The van der Waals surface area contributed by atoms with Crippen molar-refractivity contribution < 1.29 is 19.4 Å². The molecular formula is C11H12N2O4. The molecule has 1 aliphatic rings. The maximum Gasteiger partial charge on any atom is 0.336 e. The number of carbonyl (C=O) groups excluding carboxylic acids is 1. The fourth-order valence-electron chi connectivity index (χ4n) is 1.70. The summed E-state index contributed by atoms with van der Waals surface area (Å²) >= 11 is 0. The van der Waals surface area contributed by atoms with Gasteiger partial charge in [0, 0.05) is 24.8 Å². The molecule has 2 rings (SSSR count). The molecule has 1 aliphatic heterocycles. The van der Waals surface area contributed by atoms with Gasteiger partial charge < -0.3 is 14.7 Å². The first-order valence-electron chi connectivity index (χ1n) is 5.23. The summed E-state index contributed by atoms with van der Waals surface area (Å²) in [6.45, 7) is 2.54. The summed E-state index contributed by atoms with van der Waals surface area (Å²) in [7, 11) is 0. The summed E-state index contributed by atoms with van der Waals surface area (Å²) in [5.41, 5.74) is 0.0750. The average Bonchev–Trinajstić information content (AvgIpc) is 2.39. The van der Waals surface area contributed by atoms with E-state index in [4.69, 9.17) is 9.84 Å². The van der Waals surface area contributed by atoms with E-state index in [2.05, 4.69) is 4.98 Å². The van der Waals surface area contributed by atoms with Gasteiger partial charge >= 0.3 is 5.97 Å². The Morgan fingerprint density at radius 1 is 1.47 bits per heavy atom. The molecule has 2 heterocycles. The first kappa shape index (κ1) is 11.5. The van der Waals surface area contributed by atoms with E-state index in [1.54, 1.807) is 0 Å². The van der Waals surface area contributed by atoms with Crippen LogP contribution in [-0.2, 0) is 4.74 Å². The Morgan fingerprint density at radius 3 is 2.76 bits per heavy atom. The molecule has 0 saturated carbocycles. The molecule has 6 nitrogen and oxygen atoms in total. The van der Waals surface area contributed by atoms with Crippen molar-refractivity contribution in [1.82, 2.24) is 4.98 Å². The Morgan fingerprint density at radius 2 is 2.18 bits per heavy atom. The van der Waals surface area contributed by atoms with E-state index in [9.17, 15) is 9.59 Å². The number of aromatic nitrogens is 1. The van der Waals surface area contributed by atoms with Gasteiger partial charge in [-0.05, 0) is 6.07 Å². The van der Waals surface area contributed by atoms with Crippen LogP contribution in [0.1, 0.15) is 20.7 Å². The summed E-state index contributed by atoms with van der Waals surface area (Å²) in [5, 5.41) is 8.99. The van der Waals surface area contributed by atoms with Gasteiger partial charge in [0.15, 0.2) is 6.29 Å². The molecule has 1 fully saturated rings. The minimum atomic E-state index is -1.12. The lowest BCUT2D eigenvalue weighted by Gasteiger charge is -2.27. The van der Waals surface area contributed by atoms with Crippen LogP contribution in [0.25, 0.3) is 0 Å². The smallest absolute Gasteiger partial charge is 0.336 e. The maximum atomic E-state index is 11.0. The summed E-state index contributed by atoms with van der Waals surface area (Å²) in [6.07, 6.45) is 1.79. The number of pyridine rings is 1. The van der Waals surface area contributed by atoms with Crippen molar-refractivity contribution >= 4 is 18.1 Å². The Hall–Kier alpha value is -1.95. The minimum absolute atomic E-state index is 0.0171. The summed E-state index contributed by atoms with van der Waals surface area (Å²) in [6, 6.07) is 1.43. The molecule has 17 heavy (non-hydrogen) atoms. The third kappa shape index (κ3) is 2.42. The molecule has 0 amide bonds. The molecule has 0 aromatic carbocycles. The molecule has 0 atom stereocenters. The Balaban J connectivity index is 2.32. The predicted molar refractivity (Wildman–Crippen MR) is 59.6 cm³/mol. The second kappa shape index (κ2) is 4.92. The molecule has 1 saturated heterocycles. The molecule has 90 valence electrons. The molecule has 0 spiro atoms. The van der Waals surface area contributed by atoms with E-state index in [0.717, 1.165) is 0 Å². The molecule has 0 aliphatic carbocycles. The Labute approximate surface area is 97.8 Å². The van der Waals surface area contributed by atoms with Crippen LogP contribution in [0.4, 0.5) is 5.82 Å². The van der Waals surface area contributed by atoms with Crippen molar-refractivity contribution in [3.63, 3.8) is 0 Å². The van der Waals surface area contributed by atoms with Gasteiger partial charge in [-0.25, -0.2) is 9.78 Å². The highest BCUT2D eigenvalue weighted by Gasteiger charge is 2.16. The second-order valence-electron chi connectivity index (χ2n) is 3.65. The largest absolute Gasteiger partial charge is 0.478 e. The van der Waals surface area contributed by atoms with Crippen LogP contribution in [0.5, 0.6) is 0 Å². The Kier molecular flexibility index (Phi) is 3.34. The van der Waals surface area contributed by atoms with Crippen molar-refractivity contribution in [3.8, 4) is 0 Å². The van der Waals surface area contributed by atoms with Crippen molar-refractivity contribution in [2.75, 3.05) is 31.2 Å². The van der Waals surface area contributed by atoms with Crippen molar-refractivity contribution in [2.45, 2.75) is 0 Å². The minimum Gasteiger partial charge on any atom is -0.478 e. The quantitative estimate of drug-likeness (QED) is 0.766. The highest BCUT2D eigenvalue weighted by Crippen LogP contribution is 2.16. The van der Waals surface area contributed by atoms with Crippen LogP contribution in [0.2, 0.25) is 0 Å². The number of anilines is 1. The first-order chi connectivity index (χ1) is 8.22. The van der Waals surface area contributed by atoms with E-state index in [-0.39, 0.29) is 11.1 Å². The predicted octanol–water partition coefficient (Wildman–Crippen LogP) is 0.429. The zero-order valence-electron chi connectivity index (χ0n) is 9.13.